The van der Waals surface area contributed by atoms with Gasteiger partial charge in [-0.15, -0.1) is 0 Å². The monoisotopic (exact) mass is 228 g/mol. The number of halogens is 2. The highest BCUT2D eigenvalue weighted by Gasteiger charge is 2.36. The van der Waals surface area contributed by atoms with Crippen LogP contribution in [-0.4, -0.2) is 33.8 Å². The minimum Gasteiger partial charge on any atom is -0.465 e. The molecular weight excluding hydrogens is 218 g/mol. The van der Waals surface area contributed by atoms with Gasteiger partial charge in [0.1, 0.15) is 12.0 Å². The molecule has 0 radical (unpaired) electrons. The van der Waals surface area contributed by atoms with E-state index in [4.69, 9.17) is 5.11 Å². The molecule has 0 aromatic carbocycles. The molecule has 2 rings (SSSR count). The molecule has 1 aliphatic rings. The molecule has 0 aliphatic carbocycles. The summed E-state index contributed by atoms with van der Waals surface area (Å²) >= 11 is 0. The zero-order valence-electron chi connectivity index (χ0n) is 8.31. The molecule has 1 aromatic rings. The van der Waals surface area contributed by atoms with Crippen molar-refractivity contribution in [1.29, 1.82) is 0 Å². The predicted octanol–water partition coefficient (Wildman–Crippen LogP) is 1.98. The number of carbonyl (C=O) groups is 1. The van der Waals surface area contributed by atoms with Crippen molar-refractivity contribution in [2.45, 2.75) is 18.6 Å². The van der Waals surface area contributed by atoms with E-state index >= 15 is 0 Å². The fourth-order valence-electron chi connectivity index (χ4n) is 1.92. The topological polar surface area (TPSA) is 53.4 Å². The number of hydrogen-bond acceptors (Lipinski definition) is 2. The summed E-state index contributed by atoms with van der Waals surface area (Å²) in [5.74, 6) is -0.551. The van der Waals surface area contributed by atoms with Gasteiger partial charge in [0.25, 0.3) is 0 Å². The Morgan fingerprint density at radius 2 is 2.31 bits per heavy atom. The highest BCUT2D eigenvalue weighted by molar-refractivity contribution is 5.66. The quantitative estimate of drug-likeness (QED) is 0.799. The molecule has 0 unspecified atom stereocenters. The zero-order chi connectivity index (χ0) is 11.7. The molecule has 6 heteroatoms. The molecule has 1 fully saturated rings. The summed E-state index contributed by atoms with van der Waals surface area (Å²) in [5, 5.41) is 8.88. The highest BCUT2D eigenvalue weighted by Crippen LogP contribution is 2.33. The third kappa shape index (κ3) is 1.95. The second-order valence-electron chi connectivity index (χ2n) is 3.72. The summed E-state index contributed by atoms with van der Waals surface area (Å²) < 4.78 is 26.1. The Morgan fingerprint density at radius 3 is 2.94 bits per heavy atom. The molecule has 0 saturated carbocycles. The minimum atomic E-state index is -1.20. The average molecular weight is 228 g/mol. The number of aromatic nitrogens is 1. The largest absolute Gasteiger partial charge is 0.465 e. The molecule has 0 spiro atoms. The van der Waals surface area contributed by atoms with Crippen molar-refractivity contribution in [1.82, 2.24) is 9.88 Å². The fraction of sp³-hybridized carbons (Fsp3) is 0.400. The summed E-state index contributed by atoms with van der Waals surface area (Å²) in [4.78, 5) is 15.5. The van der Waals surface area contributed by atoms with Gasteiger partial charge >= 0.3 is 6.09 Å². The van der Waals surface area contributed by atoms with Crippen LogP contribution in [0.2, 0.25) is 0 Å². The van der Waals surface area contributed by atoms with E-state index in [1.807, 2.05) is 0 Å². The van der Waals surface area contributed by atoms with Gasteiger partial charge in [0, 0.05) is 12.6 Å². The van der Waals surface area contributed by atoms with Gasteiger partial charge in [-0.25, -0.2) is 13.6 Å². The van der Waals surface area contributed by atoms with E-state index in [2.05, 4.69) is 4.98 Å². The third-order valence-electron chi connectivity index (χ3n) is 2.61. The lowest BCUT2D eigenvalue weighted by Gasteiger charge is -2.20. The first-order chi connectivity index (χ1) is 7.58. The van der Waals surface area contributed by atoms with Crippen molar-refractivity contribution >= 4 is 6.09 Å². The number of alkyl halides is 1. The Bertz CT molecular complexity index is 414. The van der Waals surface area contributed by atoms with Crippen LogP contribution in [0.25, 0.3) is 0 Å². The van der Waals surface area contributed by atoms with Gasteiger partial charge < -0.3 is 5.11 Å². The van der Waals surface area contributed by atoms with E-state index < -0.39 is 24.1 Å². The van der Waals surface area contributed by atoms with E-state index in [1.54, 1.807) is 0 Å². The summed E-state index contributed by atoms with van der Waals surface area (Å²) in [7, 11) is 0. The number of hydrogen-bond donors (Lipinski definition) is 1. The van der Waals surface area contributed by atoms with Crippen LogP contribution in [0.1, 0.15) is 18.0 Å². The van der Waals surface area contributed by atoms with Crippen molar-refractivity contribution in [2.75, 3.05) is 6.54 Å². The number of nitrogens with zero attached hydrogens (tertiary/aromatic N) is 2. The van der Waals surface area contributed by atoms with Crippen molar-refractivity contribution in [3.05, 3.63) is 29.8 Å². The molecule has 1 saturated heterocycles. The molecular formula is C10H10F2N2O2. The number of rotatable bonds is 1. The van der Waals surface area contributed by atoms with Gasteiger partial charge in [0.05, 0.1) is 18.8 Å². The number of amides is 1. The molecule has 1 N–H and O–H groups in total. The van der Waals surface area contributed by atoms with Gasteiger partial charge in [-0.05, 0) is 11.6 Å². The molecule has 4 nitrogen and oxygen atoms in total. The summed E-state index contributed by atoms with van der Waals surface area (Å²) in [6.07, 6.45) is 0.0362. The van der Waals surface area contributed by atoms with Crippen LogP contribution in [0.3, 0.4) is 0 Å². The maximum absolute atomic E-state index is 13.2. The third-order valence-corrected chi connectivity index (χ3v) is 2.61. The number of carboxylic acid groups (broad SMARTS) is 1. The molecule has 2 heterocycles. The first-order valence-corrected chi connectivity index (χ1v) is 4.82. The first kappa shape index (κ1) is 10.8. The van der Waals surface area contributed by atoms with Crippen LogP contribution in [0, 0.1) is 5.82 Å². The van der Waals surface area contributed by atoms with E-state index in [9.17, 15) is 13.6 Å². The summed E-state index contributed by atoms with van der Waals surface area (Å²) in [5.41, 5.74) is 0.391. The van der Waals surface area contributed by atoms with Crippen LogP contribution in [-0.2, 0) is 0 Å². The van der Waals surface area contributed by atoms with Crippen molar-refractivity contribution in [3.8, 4) is 0 Å². The highest BCUT2D eigenvalue weighted by atomic mass is 19.1. The van der Waals surface area contributed by atoms with Gasteiger partial charge in [0.2, 0.25) is 0 Å². The van der Waals surface area contributed by atoms with Gasteiger partial charge in [-0.1, -0.05) is 0 Å². The number of pyridine rings is 1. The lowest BCUT2D eigenvalue weighted by molar-refractivity contribution is 0.138. The second kappa shape index (κ2) is 4.03. The maximum atomic E-state index is 13.2. The lowest BCUT2D eigenvalue weighted by atomic mass is 10.1. The second-order valence-corrected chi connectivity index (χ2v) is 3.72. The van der Waals surface area contributed by atoms with E-state index in [1.165, 1.54) is 12.3 Å². The predicted molar refractivity (Wildman–Crippen MR) is 51.2 cm³/mol. The van der Waals surface area contributed by atoms with E-state index in [0.29, 0.717) is 5.56 Å². The van der Waals surface area contributed by atoms with Crippen LogP contribution < -0.4 is 0 Å². The van der Waals surface area contributed by atoms with E-state index in [0.717, 1.165) is 11.1 Å². The van der Waals surface area contributed by atoms with Crippen LogP contribution in [0.5, 0.6) is 0 Å². The van der Waals surface area contributed by atoms with E-state index in [-0.39, 0.29) is 13.0 Å². The van der Waals surface area contributed by atoms with Crippen molar-refractivity contribution in [3.63, 3.8) is 0 Å². The van der Waals surface area contributed by atoms with Gasteiger partial charge in [0.15, 0.2) is 0 Å². The van der Waals surface area contributed by atoms with Crippen LogP contribution in [0.15, 0.2) is 18.5 Å². The van der Waals surface area contributed by atoms with Gasteiger partial charge in [-0.2, -0.15) is 0 Å². The Balaban J connectivity index is 2.28. The molecule has 1 amide bonds. The Labute approximate surface area is 90.5 Å². The summed E-state index contributed by atoms with van der Waals surface area (Å²) in [6.45, 7) is -0.170. The SMILES string of the molecule is O=C(O)N1C[C@@H](F)C[C@H]1c1cncc(F)c1. The molecule has 86 valence electrons. The molecule has 1 aromatic heterocycles. The summed E-state index contributed by atoms with van der Waals surface area (Å²) in [6, 6.07) is 0.543. The lowest BCUT2D eigenvalue weighted by Crippen LogP contribution is -2.29. The Morgan fingerprint density at radius 1 is 1.56 bits per heavy atom. The normalized spacial score (nSPS) is 24.8. The molecule has 2 atom stereocenters. The first-order valence-electron chi connectivity index (χ1n) is 4.82. The van der Waals surface area contributed by atoms with Crippen molar-refractivity contribution < 1.29 is 18.7 Å². The Kier molecular flexibility index (Phi) is 2.72. The van der Waals surface area contributed by atoms with Crippen molar-refractivity contribution in [2.24, 2.45) is 0 Å². The molecule has 1 aliphatic heterocycles. The smallest absolute Gasteiger partial charge is 0.407 e. The minimum absolute atomic E-state index is 0.0530. The zero-order valence-corrected chi connectivity index (χ0v) is 8.31. The standard InChI is InChI=1S/C10H10F2N2O2/c11-7-1-6(3-13-4-7)9-2-8(12)5-14(9)10(15)16/h1,3-4,8-9H,2,5H2,(H,15,16)/t8-,9-/m0/s1. The fourth-order valence-corrected chi connectivity index (χ4v) is 1.92. The van der Waals surface area contributed by atoms with Crippen LogP contribution >= 0.6 is 0 Å². The number of likely N-dealkylation sites (tertiary alicyclic amines) is 1. The molecule has 0 bridgehead atoms. The molecule has 16 heavy (non-hydrogen) atoms. The Hall–Kier alpha value is -1.72. The van der Waals surface area contributed by atoms with Gasteiger partial charge in [-0.3, -0.25) is 9.88 Å². The van der Waals surface area contributed by atoms with Crippen LogP contribution in [0.4, 0.5) is 13.6 Å². The average Bonchev–Trinajstić information content (AvgIpc) is 2.60. The maximum Gasteiger partial charge on any atom is 0.407 e.